The van der Waals surface area contributed by atoms with Crippen LogP contribution in [-0.4, -0.2) is 41.9 Å². The van der Waals surface area contributed by atoms with Crippen LogP contribution in [0.25, 0.3) is 0 Å². The lowest BCUT2D eigenvalue weighted by Crippen LogP contribution is -2.59. The van der Waals surface area contributed by atoms with Crippen molar-refractivity contribution < 1.29 is 19.3 Å². The molecular formula is C17H32O4. The van der Waals surface area contributed by atoms with Gasteiger partial charge in [0.15, 0.2) is 5.79 Å². The molecule has 0 amide bonds. The van der Waals surface area contributed by atoms with E-state index in [9.17, 15) is 5.11 Å². The molecule has 1 saturated carbocycles. The number of fused-ring (bicyclic) bond motifs is 1. The summed E-state index contributed by atoms with van der Waals surface area (Å²) in [5.74, 6) is -0.224. The molecule has 1 N–H and O–H groups in total. The van der Waals surface area contributed by atoms with Crippen LogP contribution in [0.3, 0.4) is 0 Å². The number of aliphatic hydroxyl groups excluding tert-OH is 1. The maximum atomic E-state index is 9.56. The van der Waals surface area contributed by atoms with E-state index in [1.165, 1.54) is 0 Å². The van der Waals surface area contributed by atoms with Gasteiger partial charge in [0.05, 0.1) is 24.4 Å². The maximum Gasteiger partial charge on any atom is 0.163 e. The third kappa shape index (κ3) is 3.79. The van der Waals surface area contributed by atoms with Gasteiger partial charge in [-0.15, -0.1) is 0 Å². The zero-order valence-electron chi connectivity index (χ0n) is 14.4. The summed E-state index contributed by atoms with van der Waals surface area (Å²) in [5.41, 5.74) is -0.286. The van der Waals surface area contributed by atoms with Crippen molar-refractivity contribution in [1.29, 1.82) is 0 Å². The lowest BCUT2D eigenvalue weighted by Gasteiger charge is -2.55. The molecule has 0 bridgehead atoms. The summed E-state index contributed by atoms with van der Waals surface area (Å²) in [6.45, 7) is 13.3. The summed E-state index contributed by atoms with van der Waals surface area (Å²) in [5, 5.41) is 9.56. The summed E-state index contributed by atoms with van der Waals surface area (Å²) < 4.78 is 18.4. The number of hydrogen-bond donors (Lipinski definition) is 1. The van der Waals surface area contributed by atoms with Crippen molar-refractivity contribution in [2.24, 2.45) is 11.3 Å². The Morgan fingerprint density at radius 1 is 1.19 bits per heavy atom. The maximum absolute atomic E-state index is 9.56. The zero-order valence-corrected chi connectivity index (χ0v) is 14.4. The van der Waals surface area contributed by atoms with Crippen molar-refractivity contribution in [2.75, 3.05) is 13.2 Å². The van der Waals surface area contributed by atoms with Crippen molar-refractivity contribution in [1.82, 2.24) is 0 Å². The molecule has 4 heteroatoms. The highest BCUT2D eigenvalue weighted by Crippen LogP contribution is 2.50. The highest BCUT2D eigenvalue weighted by atomic mass is 16.7. The molecule has 0 unspecified atom stereocenters. The predicted octanol–water partition coefficient (Wildman–Crippen LogP) is 3.12. The number of ether oxygens (including phenoxy) is 3. The molecule has 0 radical (unpaired) electrons. The minimum Gasteiger partial charge on any atom is -0.396 e. The Kier molecular flexibility index (Phi) is 4.75. The fourth-order valence-corrected chi connectivity index (χ4v) is 3.85. The van der Waals surface area contributed by atoms with Gasteiger partial charge in [-0.2, -0.15) is 0 Å². The van der Waals surface area contributed by atoms with Gasteiger partial charge in [-0.05, 0) is 53.9 Å². The summed E-state index contributed by atoms with van der Waals surface area (Å²) in [7, 11) is 0. The second-order valence-electron chi connectivity index (χ2n) is 8.25. The van der Waals surface area contributed by atoms with Gasteiger partial charge in [0, 0.05) is 17.9 Å². The van der Waals surface area contributed by atoms with E-state index in [0.717, 1.165) is 19.3 Å². The Hall–Kier alpha value is -0.160. The van der Waals surface area contributed by atoms with Gasteiger partial charge in [0.25, 0.3) is 0 Å². The summed E-state index contributed by atoms with van der Waals surface area (Å²) in [4.78, 5) is 0. The van der Waals surface area contributed by atoms with Gasteiger partial charge in [-0.25, -0.2) is 0 Å². The van der Waals surface area contributed by atoms with Crippen LogP contribution in [0.1, 0.15) is 60.8 Å². The third-order valence-electron chi connectivity index (χ3n) is 4.94. The molecule has 0 aromatic heterocycles. The van der Waals surface area contributed by atoms with E-state index >= 15 is 0 Å². The lowest BCUT2D eigenvalue weighted by atomic mass is 9.62. The van der Waals surface area contributed by atoms with Crippen LogP contribution in [0.2, 0.25) is 0 Å². The summed E-state index contributed by atoms with van der Waals surface area (Å²) >= 11 is 0. The highest BCUT2D eigenvalue weighted by Gasteiger charge is 2.53. The molecule has 0 aromatic rings. The van der Waals surface area contributed by atoms with E-state index in [2.05, 4.69) is 27.7 Å². The molecular weight excluding hydrogens is 268 g/mol. The quantitative estimate of drug-likeness (QED) is 0.870. The third-order valence-corrected chi connectivity index (χ3v) is 4.94. The molecule has 2 rings (SSSR count). The average Bonchev–Trinajstić information content (AvgIpc) is 2.31. The summed E-state index contributed by atoms with van der Waals surface area (Å²) in [6.07, 6.45) is 3.04. The van der Waals surface area contributed by atoms with Gasteiger partial charge < -0.3 is 19.3 Å². The molecule has 21 heavy (non-hydrogen) atoms. The molecule has 4 nitrogen and oxygen atoms in total. The van der Waals surface area contributed by atoms with Gasteiger partial charge in [-0.1, -0.05) is 6.92 Å². The van der Waals surface area contributed by atoms with Crippen molar-refractivity contribution >= 4 is 0 Å². The normalized spacial score (nSPS) is 39.9. The molecule has 1 aliphatic heterocycles. The highest BCUT2D eigenvalue weighted by molar-refractivity contribution is 5.00. The van der Waals surface area contributed by atoms with E-state index in [-0.39, 0.29) is 35.7 Å². The molecule has 124 valence electrons. The first-order valence-corrected chi connectivity index (χ1v) is 8.18. The van der Waals surface area contributed by atoms with Crippen molar-refractivity contribution in [3.63, 3.8) is 0 Å². The van der Waals surface area contributed by atoms with E-state index in [4.69, 9.17) is 14.2 Å². The Labute approximate surface area is 129 Å². The first kappa shape index (κ1) is 17.2. The molecule has 0 aromatic carbocycles. The van der Waals surface area contributed by atoms with Crippen LogP contribution < -0.4 is 0 Å². The second-order valence-corrected chi connectivity index (χ2v) is 8.25. The van der Waals surface area contributed by atoms with Gasteiger partial charge in [0.2, 0.25) is 0 Å². The van der Waals surface area contributed by atoms with E-state index in [1.54, 1.807) is 0 Å². The molecule has 1 heterocycles. The van der Waals surface area contributed by atoms with Crippen molar-refractivity contribution in [2.45, 2.75) is 84.4 Å². The Bertz CT molecular complexity index is 360. The van der Waals surface area contributed by atoms with Crippen LogP contribution in [0.4, 0.5) is 0 Å². The fourth-order valence-electron chi connectivity index (χ4n) is 3.85. The van der Waals surface area contributed by atoms with Gasteiger partial charge in [0.1, 0.15) is 0 Å². The topological polar surface area (TPSA) is 47.9 Å². The Morgan fingerprint density at radius 3 is 2.43 bits per heavy atom. The molecule has 1 saturated heterocycles. The van der Waals surface area contributed by atoms with Crippen LogP contribution in [0.5, 0.6) is 0 Å². The standard InChI is InChI=1S/C17H32O4/c1-15(2,3)21-14-8-7-13-12(17(14,6)9-10-18)11-19-16(4,5)20-13/h12-14,18H,7-11H2,1-6H3/t12-,13+,14-,17-/m0/s1. The molecule has 1 aliphatic carbocycles. The fraction of sp³-hybridized carbons (Fsp3) is 1.00. The van der Waals surface area contributed by atoms with Crippen molar-refractivity contribution in [3.8, 4) is 0 Å². The molecule has 2 fully saturated rings. The van der Waals surface area contributed by atoms with Crippen LogP contribution in [0.15, 0.2) is 0 Å². The number of hydrogen-bond acceptors (Lipinski definition) is 4. The van der Waals surface area contributed by atoms with E-state index in [0.29, 0.717) is 6.61 Å². The van der Waals surface area contributed by atoms with Crippen LogP contribution >= 0.6 is 0 Å². The van der Waals surface area contributed by atoms with Gasteiger partial charge in [-0.3, -0.25) is 0 Å². The Balaban J connectivity index is 2.21. The zero-order chi connectivity index (χ0) is 15.9. The van der Waals surface area contributed by atoms with Crippen molar-refractivity contribution in [3.05, 3.63) is 0 Å². The number of rotatable bonds is 3. The predicted molar refractivity (Wildman–Crippen MR) is 82.1 cm³/mol. The Morgan fingerprint density at radius 2 is 1.86 bits per heavy atom. The molecule has 2 aliphatic rings. The average molecular weight is 300 g/mol. The first-order chi connectivity index (χ1) is 9.57. The minimum absolute atomic E-state index is 0.110. The first-order valence-electron chi connectivity index (χ1n) is 8.18. The lowest BCUT2D eigenvalue weighted by molar-refractivity contribution is -0.328. The largest absolute Gasteiger partial charge is 0.396 e. The van der Waals surface area contributed by atoms with Gasteiger partial charge >= 0.3 is 0 Å². The van der Waals surface area contributed by atoms with Crippen LogP contribution in [-0.2, 0) is 14.2 Å². The monoisotopic (exact) mass is 300 g/mol. The molecule has 0 spiro atoms. The van der Waals surface area contributed by atoms with E-state index in [1.807, 2.05) is 13.8 Å². The minimum atomic E-state index is -0.501. The number of aliphatic hydroxyl groups is 1. The summed E-state index contributed by atoms with van der Waals surface area (Å²) in [6, 6.07) is 0. The smallest absolute Gasteiger partial charge is 0.163 e. The SMILES string of the molecule is CC(C)(C)O[C@H]1CC[C@H]2OC(C)(C)OC[C@@H]2[C@]1(C)CCO. The second kappa shape index (κ2) is 5.80. The van der Waals surface area contributed by atoms with Crippen LogP contribution in [0, 0.1) is 11.3 Å². The molecule has 4 atom stereocenters. The van der Waals surface area contributed by atoms with E-state index < -0.39 is 5.79 Å².